The Kier molecular flexibility index (Phi) is 5.57. The molecule has 0 radical (unpaired) electrons. The molecule has 0 aromatic heterocycles. The topological polar surface area (TPSA) is 67.5 Å². The van der Waals surface area contributed by atoms with Crippen molar-refractivity contribution in [3.8, 4) is 12.3 Å². The molecule has 0 spiro atoms. The number of nitrogens with one attached hydrogen (secondary N) is 1. The summed E-state index contributed by atoms with van der Waals surface area (Å²) in [6.07, 6.45) is 5.27. The van der Waals surface area contributed by atoms with E-state index in [1.54, 1.807) is 7.05 Å². The van der Waals surface area contributed by atoms with Gasteiger partial charge in [0, 0.05) is 19.2 Å². The van der Waals surface area contributed by atoms with Crippen molar-refractivity contribution in [1.29, 1.82) is 0 Å². The molecule has 0 rings (SSSR count). The van der Waals surface area contributed by atoms with Gasteiger partial charge in [0.15, 0.2) is 0 Å². The summed E-state index contributed by atoms with van der Waals surface area (Å²) in [4.78, 5) is 15.1. The number of hydrogen-bond acceptors (Lipinski definition) is 3. The Labute approximate surface area is 78.6 Å². The first-order chi connectivity index (χ1) is 6.11. The minimum absolute atomic E-state index is 0.235. The SMILES string of the molecule is C#CCC(N)C(=O)NCC(C)=NC. The largest absolute Gasteiger partial charge is 0.349 e. The van der Waals surface area contributed by atoms with Crippen molar-refractivity contribution in [2.24, 2.45) is 10.7 Å². The quantitative estimate of drug-likeness (QED) is 0.455. The van der Waals surface area contributed by atoms with Gasteiger partial charge in [0.1, 0.15) is 0 Å². The molecule has 0 saturated carbocycles. The molecule has 0 saturated heterocycles. The summed E-state index contributed by atoms with van der Waals surface area (Å²) in [7, 11) is 1.67. The maximum absolute atomic E-state index is 11.2. The lowest BCUT2D eigenvalue weighted by Gasteiger charge is -2.08. The van der Waals surface area contributed by atoms with Crippen LogP contribution in [0.2, 0.25) is 0 Å². The van der Waals surface area contributed by atoms with Gasteiger partial charge >= 0.3 is 0 Å². The number of nitrogens with two attached hydrogens (primary N) is 1. The molecule has 1 unspecified atom stereocenters. The van der Waals surface area contributed by atoms with E-state index < -0.39 is 6.04 Å². The normalized spacial score (nSPS) is 13.2. The van der Waals surface area contributed by atoms with Crippen molar-refractivity contribution in [3.63, 3.8) is 0 Å². The molecule has 0 fully saturated rings. The van der Waals surface area contributed by atoms with Crippen LogP contribution in [0.5, 0.6) is 0 Å². The molecule has 13 heavy (non-hydrogen) atoms. The molecule has 1 amide bonds. The lowest BCUT2D eigenvalue weighted by molar-refractivity contribution is -0.121. The molecule has 72 valence electrons. The Hall–Kier alpha value is -1.34. The van der Waals surface area contributed by atoms with E-state index in [0.29, 0.717) is 6.54 Å². The van der Waals surface area contributed by atoms with E-state index in [1.807, 2.05) is 6.92 Å². The first kappa shape index (κ1) is 11.7. The van der Waals surface area contributed by atoms with Gasteiger partial charge in [-0.15, -0.1) is 12.3 Å². The molecule has 0 aromatic rings. The molecule has 4 heteroatoms. The van der Waals surface area contributed by atoms with Crippen LogP contribution in [0, 0.1) is 12.3 Å². The van der Waals surface area contributed by atoms with Gasteiger partial charge in [0.05, 0.1) is 12.6 Å². The zero-order valence-corrected chi connectivity index (χ0v) is 8.00. The van der Waals surface area contributed by atoms with Crippen molar-refractivity contribution < 1.29 is 4.79 Å². The zero-order valence-electron chi connectivity index (χ0n) is 8.00. The number of hydrogen-bond donors (Lipinski definition) is 2. The molecule has 3 N–H and O–H groups in total. The predicted molar refractivity (Wildman–Crippen MR) is 53.5 cm³/mol. The molecule has 0 bridgehead atoms. The van der Waals surface area contributed by atoms with Gasteiger partial charge in [-0.1, -0.05) is 0 Å². The number of carbonyl (C=O) groups is 1. The monoisotopic (exact) mass is 181 g/mol. The summed E-state index contributed by atoms with van der Waals surface area (Å²) in [5.41, 5.74) is 6.31. The second-order valence-corrected chi connectivity index (χ2v) is 2.69. The van der Waals surface area contributed by atoms with Gasteiger partial charge in [0.25, 0.3) is 0 Å². The van der Waals surface area contributed by atoms with Gasteiger partial charge in [-0.3, -0.25) is 9.79 Å². The molecule has 0 aliphatic rings. The van der Waals surface area contributed by atoms with Crippen LogP contribution >= 0.6 is 0 Å². The zero-order chi connectivity index (χ0) is 10.3. The lowest BCUT2D eigenvalue weighted by atomic mass is 10.2. The molecule has 0 aliphatic heterocycles. The highest BCUT2D eigenvalue weighted by Gasteiger charge is 2.10. The van der Waals surface area contributed by atoms with E-state index in [9.17, 15) is 4.79 Å². The highest BCUT2D eigenvalue weighted by atomic mass is 16.2. The highest BCUT2D eigenvalue weighted by Crippen LogP contribution is 1.85. The smallest absolute Gasteiger partial charge is 0.238 e. The predicted octanol–water partition coefficient (Wildman–Crippen LogP) is -0.456. The Balaban J connectivity index is 3.82. The number of terminal acetylenes is 1. The number of nitrogens with zero attached hydrogens (tertiary/aromatic N) is 1. The first-order valence-corrected chi connectivity index (χ1v) is 4.00. The summed E-state index contributed by atoms with van der Waals surface area (Å²) in [5, 5.41) is 2.63. The fourth-order valence-electron chi connectivity index (χ4n) is 0.645. The third kappa shape index (κ3) is 4.99. The van der Waals surface area contributed by atoms with Crippen LogP contribution in [0.3, 0.4) is 0 Å². The second-order valence-electron chi connectivity index (χ2n) is 2.69. The minimum atomic E-state index is -0.616. The number of carbonyl (C=O) groups excluding carboxylic acids is 1. The van der Waals surface area contributed by atoms with Crippen LogP contribution in [0.4, 0.5) is 0 Å². The van der Waals surface area contributed by atoms with Crippen molar-refractivity contribution in [2.75, 3.05) is 13.6 Å². The lowest BCUT2D eigenvalue weighted by Crippen LogP contribution is -2.42. The maximum Gasteiger partial charge on any atom is 0.238 e. The average Bonchev–Trinajstić information content (AvgIpc) is 2.13. The summed E-state index contributed by atoms with van der Waals surface area (Å²) < 4.78 is 0. The van der Waals surface area contributed by atoms with E-state index in [0.717, 1.165) is 5.71 Å². The molecule has 4 nitrogen and oxygen atoms in total. The number of aliphatic imine (C=N–C) groups is 1. The third-order valence-corrected chi connectivity index (χ3v) is 1.57. The average molecular weight is 181 g/mol. The van der Waals surface area contributed by atoms with Gasteiger partial charge in [-0.05, 0) is 6.92 Å². The van der Waals surface area contributed by atoms with Crippen LogP contribution < -0.4 is 11.1 Å². The number of amides is 1. The summed E-state index contributed by atoms with van der Waals surface area (Å²) in [6, 6.07) is -0.616. The fraction of sp³-hybridized carbons (Fsp3) is 0.556. The molecule has 0 aliphatic carbocycles. The van der Waals surface area contributed by atoms with Gasteiger partial charge in [-0.2, -0.15) is 0 Å². The van der Waals surface area contributed by atoms with E-state index in [-0.39, 0.29) is 12.3 Å². The number of rotatable bonds is 4. The molecule has 0 aromatic carbocycles. The summed E-state index contributed by atoms with van der Waals surface area (Å²) in [5.74, 6) is 2.10. The Morgan fingerprint density at radius 3 is 2.85 bits per heavy atom. The summed E-state index contributed by atoms with van der Waals surface area (Å²) in [6.45, 7) is 2.25. The molecule has 1 atom stereocenters. The second kappa shape index (κ2) is 6.21. The molecular formula is C9H15N3O. The van der Waals surface area contributed by atoms with Crippen molar-refractivity contribution in [2.45, 2.75) is 19.4 Å². The van der Waals surface area contributed by atoms with Crippen molar-refractivity contribution in [3.05, 3.63) is 0 Å². The third-order valence-electron chi connectivity index (χ3n) is 1.57. The fourth-order valence-corrected chi connectivity index (χ4v) is 0.645. The highest BCUT2D eigenvalue weighted by molar-refractivity contribution is 5.89. The van der Waals surface area contributed by atoms with Crippen LogP contribution in [0.1, 0.15) is 13.3 Å². The van der Waals surface area contributed by atoms with Gasteiger partial charge in [0.2, 0.25) is 5.91 Å². The molecular weight excluding hydrogens is 166 g/mol. The van der Waals surface area contributed by atoms with Gasteiger partial charge in [-0.25, -0.2) is 0 Å². The van der Waals surface area contributed by atoms with Crippen molar-refractivity contribution in [1.82, 2.24) is 5.32 Å². The minimum Gasteiger partial charge on any atom is -0.349 e. The first-order valence-electron chi connectivity index (χ1n) is 4.00. The van der Waals surface area contributed by atoms with E-state index in [2.05, 4.69) is 16.2 Å². The van der Waals surface area contributed by atoms with Crippen LogP contribution in [-0.2, 0) is 4.79 Å². The Bertz CT molecular complexity index is 240. The van der Waals surface area contributed by atoms with Crippen LogP contribution in [-0.4, -0.2) is 31.3 Å². The Morgan fingerprint density at radius 2 is 2.38 bits per heavy atom. The molecule has 0 heterocycles. The summed E-state index contributed by atoms with van der Waals surface area (Å²) >= 11 is 0. The van der Waals surface area contributed by atoms with Gasteiger partial charge < -0.3 is 11.1 Å². The van der Waals surface area contributed by atoms with E-state index in [1.165, 1.54) is 0 Å². The standard InChI is InChI=1S/C9H15N3O/c1-4-5-8(10)9(13)12-6-7(2)11-3/h1,8H,5-6,10H2,2-3H3,(H,12,13). The Morgan fingerprint density at radius 1 is 1.77 bits per heavy atom. The van der Waals surface area contributed by atoms with E-state index >= 15 is 0 Å². The van der Waals surface area contributed by atoms with Crippen molar-refractivity contribution >= 4 is 11.6 Å². The maximum atomic E-state index is 11.2. The van der Waals surface area contributed by atoms with Crippen LogP contribution in [0.15, 0.2) is 4.99 Å². The van der Waals surface area contributed by atoms with Crippen LogP contribution in [0.25, 0.3) is 0 Å². The van der Waals surface area contributed by atoms with E-state index in [4.69, 9.17) is 12.2 Å².